The van der Waals surface area contributed by atoms with Crippen LogP contribution >= 0.6 is 0 Å². The highest BCUT2D eigenvalue weighted by molar-refractivity contribution is 6.21. The van der Waals surface area contributed by atoms with Gasteiger partial charge in [0.1, 0.15) is 7.85 Å². The third-order valence-corrected chi connectivity index (χ3v) is 0.801. The molecule has 0 aliphatic carbocycles. The maximum Gasteiger partial charge on any atom is 0.133 e. The Morgan fingerprint density at radius 2 is 2.25 bits per heavy atom. The van der Waals surface area contributed by atoms with Crippen LogP contribution in [0.3, 0.4) is 0 Å². The molecular weight excluding hydrogens is 94.9 g/mol. The topological polar surface area (TPSA) is 0 Å². The highest BCUT2D eigenvalue weighted by Gasteiger charge is 1.68. The van der Waals surface area contributed by atoms with Gasteiger partial charge in [-0.3, -0.25) is 0 Å². The predicted molar refractivity (Wildman–Crippen MR) is 41.7 cm³/mol. The molecule has 0 radical (unpaired) electrons. The van der Waals surface area contributed by atoms with Gasteiger partial charge in [0.25, 0.3) is 0 Å². The molecule has 0 aromatic rings. The molecule has 0 aromatic carbocycles. The van der Waals surface area contributed by atoms with Crippen LogP contribution in [0.2, 0.25) is 0 Å². The number of hydrogen-bond acceptors (Lipinski definition) is 0. The minimum atomic E-state index is 1.13. The van der Waals surface area contributed by atoms with E-state index in [2.05, 4.69) is 39.9 Å². The van der Waals surface area contributed by atoms with Gasteiger partial charge in [-0.2, -0.15) is 0 Å². The van der Waals surface area contributed by atoms with Gasteiger partial charge in [-0.05, 0) is 6.42 Å². The highest BCUT2D eigenvalue weighted by atomic mass is 13.7. The van der Waals surface area contributed by atoms with Crippen molar-refractivity contribution in [2.45, 2.75) is 20.3 Å². The van der Waals surface area contributed by atoms with Crippen molar-refractivity contribution < 1.29 is 0 Å². The standard InChI is InChI=1S/C7H13B/c1-3-4-5-6-7(2)8/h4-6H,3,8H2,1-2H3/b5-4-,7-6+. The van der Waals surface area contributed by atoms with Crippen LogP contribution in [0.4, 0.5) is 0 Å². The van der Waals surface area contributed by atoms with Gasteiger partial charge in [0.15, 0.2) is 0 Å². The molecule has 0 aromatic heterocycles. The Hall–Kier alpha value is -0.455. The van der Waals surface area contributed by atoms with E-state index in [4.69, 9.17) is 0 Å². The molecule has 1 heteroatoms. The first-order chi connectivity index (χ1) is 3.77. The van der Waals surface area contributed by atoms with Crippen molar-refractivity contribution in [1.29, 1.82) is 0 Å². The largest absolute Gasteiger partial charge is 0.133 e. The van der Waals surface area contributed by atoms with E-state index in [0.29, 0.717) is 0 Å². The Morgan fingerprint density at radius 1 is 1.62 bits per heavy atom. The normalized spacial score (nSPS) is 13.0. The molecule has 0 aliphatic rings. The lowest BCUT2D eigenvalue weighted by molar-refractivity contribution is 1.22. The van der Waals surface area contributed by atoms with Crippen LogP contribution in [0, 0.1) is 0 Å². The lowest BCUT2D eigenvalue weighted by Gasteiger charge is -1.79. The molecule has 0 spiro atoms. The second-order valence-corrected chi connectivity index (χ2v) is 2.08. The molecule has 8 heavy (non-hydrogen) atoms. The number of allylic oxidation sites excluding steroid dienone is 4. The van der Waals surface area contributed by atoms with Crippen molar-refractivity contribution in [1.82, 2.24) is 0 Å². The first-order valence-electron chi connectivity index (χ1n) is 3.07. The zero-order chi connectivity index (χ0) is 6.41. The average Bonchev–Trinajstić information content (AvgIpc) is 1.66. The molecule has 0 bridgehead atoms. The number of hydrogen-bond donors (Lipinski definition) is 0. The molecule has 0 rings (SSSR count). The fraction of sp³-hybridized carbons (Fsp3) is 0.429. The molecular formula is C7H13B. The van der Waals surface area contributed by atoms with Crippen molar-refractivity contribution in [3.8, 4) is 0 Å². The van der Waals surface area contributed by atoms with E-state index in [1.165, 1.54) is 5.47 Å². The van der Waals surface area contributed by atoms with Crippen molar-refractivity contribution in [3.05, 3.63) is 23.7 Å². The van der Waals surface area contributed by atoms with Gasteiger partial charge in [-0.15, -0.1) is 5.47 Å². The summed E-state index contributed by atoms with van der Waals surface area (Å²) < 4.78 is 0. The summed E-state index contributed by atoms with van der Waals surface area (Å²) in [4.78, 5) is 0. The lowest BCUT2D eigenvalue weighted by Crippen LogP contribution is -1.66. The quantitative estimate of drug-likeness (QED) is 0.371. The summed E-state index contributed by atoms with van der Waals surface area (Å²) in [5, 5.41) is 0. The van der Waals surface area contributed by atoms with E-state index in [-0.39, 0.29) is 0 Å². The molecule has 0 saturated heterocycles. The minimum Gasteiger partial charge on any atom is -0.113 e. The summed E-state index contributed by atoms with van der Waals surface area (Å²) >= 11 is 0. The van der Waals surface area contributed by atoms with E-state index >= 15 is 0 Å². The van der Waals surface area contributed by atoms with Crippen molar-refractivity contribution in [2.24, 2.45) is 0 Å². The average molecular weight is 108 g/mol. The summed E-state index contributed by atoms with van der Waals surface area (Å²) in [6.45, 7) is 4.23. The van der Waals surface area contributed by atoms with Crippen molar-refractivity contribution >= 4 is 7.85 Å². The van der Waals surface area contributed by atoms with Gasteiger partial charge in [0, 0.05) is 0 Å². The van der Waals surface area contributed by atoms with Crippen molar-refractivity contribution in [2.75, 3.05) is 0 Å². The first kappa shape index (κ1) is 7.54. The van der Waals surface area contributed by atoms with Crippen LogP contribution in [0.1, 0.15) is 20.3 Å². The fourth-order valence-corrected chi connectivity index (χ4v) is 0.397. The Morgan fingerprint density at radius 3 is 2.62 bits per heavy atom. The molecule has 0 atom stereocenters. The molecule has 0 aliphatic heterocycles. The first-order valence-corrected chi connectivity index (χ1v) is 3.07. The Balaban J connectivity index is 3.42. The summed E-state index contributed by atoms with van der Waals surface area (Å²) in [6, 6.07) is 0. The molecule has 0 fully saturated rings. The van der Waals surface area contributed by atoms with E-state index in [0.717, 1.165) is 6.42 Å². The van der Waals surface area contributed by atoms with Crippen LogP contribution in [0.15, 0.2) is 23.7 Å². The Bertz CT molecular complexity index is 97.0. The second-order valence-electron chi connectivity index (χ2n) is 2.08. The number of rotatable bonds is 2. The molecule has 0 heterocycles. The van der Waals surface area contributed by atoms with Gasteiger partial charge in [0.2, 0.25) is 0 Å². The summed E-state index contributed by atoms with van der Waals surface area (Å²) in [7, 11) is 2.10. The molecule has 0 nitrogen and oxygen atoms in total. The smallest absolute Gasteiger partial charge is 0.113 e. The predicted octanol–water partition coefficient (Wildman–Crippen LogP) is 1.49. The maximum atomic E-state index is 2.15. The molecule has 0 N–H and O–H groups in total. The van der Waals surface area contributed by atoms with Crippen LogP contribution in [0.25, 0.3) is 0 Å². The zero-order valence-electron chi connectivity index (χ0n) is 5.94. The third kappa shape index (κ3) is 5.54. The van der Waals surface area contributed by atoms with Crippen LogP contribution < -0.4 is 0 Å². The summed E-state index contributed by atoms with van der Waals surface area (Å²) in [5.74, 6) is 0. The lowest BCUT2D eigenvalue weighted by atomic mass is 9.98. The molecule has 0 unspecified atom stereocenters. The SMILES string of the molecule is B/C(C)=C/C=C\CC. The molecule has 0 saturated carbocycles. The molecule has 44 valence electrons. The van der Waals surface area contributed by atoms with E-state index in [1.54, 1.807) is 0 Å². The van der Waals surface area contributed by atoms with Gasteiger partial charge in [-0.25, -0.2) is 0 Å². The Kier molecular flexibility index (Phi) is 4.43. The van der Waals surface area contributed by atoms with Crippen LogP contribution in [0.5, 0.6) is 0 Å². The summed E-state index contributed by atoms with van der Waals surface area (Å²) in [6.07, 6.45) is 7.48. The zero-order valence-corrected chi connectivity index (χ0v) is 5.94. The monoisotopic (exact) mass is 108 g/mol. The molecule has 0 amide bonds. The maximum absolute atomic E-state index is 2.15. The Labute approximate surface area is 52.7 Å². The van der Waals surface area contributed by atoms with Crippen molar-refractivity contribution in [3.63, 3.8) is 0 Å². The van der Waals surface area contributed by atoms with E-state index < -0.39 is 0 Å². The second kappa shape index (κ2) is 4.70. The highest BCUT2D eigenvalue weighted by Crippen LogP contribution is 1.85. The van der Waals surface area contributed by atoms with Gasteiger partial charge in [-0.1, -0.05) is 32.1 Å². The van der Waals surface area contributed by atoms with E-state index in [1.807, 2.05) is 0 Å². The van der Waals surface area contributed by atoms with Crippen LogP contribution in [-0.4, -0.2) is 7.85 Å². The van der Waals surface area contributed by atoms with Crippen LogP contribution in [-0.2, 0) is 0 Å². The van der Waals surface area contributed by atoms with E-state index in [9.17, 15) is 0 Å². The third-order valence-electron chi connectivity index (χ3n) is 0.801. The van der Waals surface area contributed by atoms with Gasteiger partial charge in [0.05, 0.1) is 0 Å². The summed E-state index contributed by atoms with van der Waals surface area (Å²) in [5.41, 5.74) is 1.36. The van der Waals surface area contributed by atoms with Gasteiger partial charge < -0.3 is 0 Å². The van der Waals surface area contributed by atoms with Gasteiger partial charge >= 0.3 is 0 Å². The minimum absolute atomic E-state index is 1.13. The fourth-order valence-electron chi connectivity index (χ4n) is 0.397.